The van der Waals surface area contributed by atoms with Crippen molar-refractivity contribution in [1.82, 2.24) is 14.5 Å². The van der Waals surface area contributed by atoms with Crippen molar-refractivity contribution < 1.29 is 19.0 Å². The molecule has 0 spiro atoms. The average molecular weight is 593 g/mol. The van der Waals surface area contributed by atoms with Crippen LogP contribution in [0.3, 0.4) is 0 Å². The van der Waals surface area contributed by atoms with E-state index in [0.717, 1.165) is 41.2 Å². The molecule has 1 aliphatic heterocycles. The zero-order valence-electron chi connectivity index (χ0n) is 23.2. The second-order valence-corrected chi connectivity index (χ2v) is 11.1. The van der Waals surface area contributed by atoms with Gasteiger partial charge in [0.1, 0.15) is 11.3 Å². The number of pyridine rings is 2. The lowest BCUT2D eigenvalue weighted by Gasteiger charge is -2.37. The molecule has 0 unspecified atom stereocenters. The van der Waals surface area contributed by atoms with E-state index in [0.29, 0.717) is 49.0 Å². The van der Waals surface area contributed by atoms with E-state index in [-0.39, 0.29) is 22.7 Å². The monoisotopic (exact) mass is 592 g/mol. The minimum absolute atomic E-state index is 0.0166. The second kappa shape index (κ2) is 11.2. The number of nitrogens with one attached hydrogen (secondary N) is 1. The molecule has 4 aromatic rings. The van der Waals surface area contributed by atoms with Crippen LogP contribution >= 0.6 is 11.6 Å². The molecule has 218 valence electrons. The highest BCUT2D eigenvalue weighted by Gasteiger charge is 2.32. The Morgan fingerprint density at radius 1 is 1.19 bits per heavy atom. The van der Waals surface area contributed by atoms with Gasteiger partial charge in [-0.1, -0.05) is 11.6 Å². The summed E-state index contributed by atoms with van der Waals surface area (Å²) in [6.07, 6.45) is 4.79. The van der Waals surface area contributed by atoms with Gasteiger partial charge in [0.25, 0.3) is 0 Å². The van der Waals surface area contributed by atoms with E-state index in [4.69, 9.17) is 16.3 Å². The molecule has 42 heavy (non-hydrogen) atoms. The van der Waals surface area contributed by atoms with Crippen molar-refractivity contribution in [3.8, 4) is 5.75 Å². The molecule has 6 rings (SSSR count). The van der Waals surface area contributed by atoms with Gasteiger partial charge in [-0.05, 0) is 50.1 Å². The number of nitrogens with zero attached hydrogens (tertiary/aromatic N) is 5. The fourth-order valence-electron chi connectivity index (χ4n) is 5.59. The molecule has 0 radical (unpaired) electrons. The summed E-state index contributed by atoms with van der Waals surface area (Å²) in [6.45, 7) is 4.99. The van der Waals surface area contributed by atoms with Crippen molar-refractivity contribution >= 4 is 56.5 Å². The number of ether oxygens (including phenoxy) is 1. The summed E-state index contributed by atoms with van der Waals surface area (Å²) in [7, 11) is 1.45. The number of rotatable bonds is 8. The average Bonchev–Trinajstić information content (AvgIpc) is 3.81. The maximum absolute atomic E-state index is 15.6. The number of aromatic carboxylic acids is 1. The summed E-state index contributed by atoms with van der Waals surface area (Å²) in [5.41, 5.74) is 5.29. The van der Waals surface area contributed by atoms with Crippen molar-refractivity contribution in [3.63, 3.8) is 0 Å². The number of methoxy groups -OCH3 is 1. The molecular formula is C30H30ClFN6O4. The first-order valence-electron chi connectivity index (χ1n) is 13.7. The fraction of sp³-hybridized carbons (Fsp3) is 0.333. The molecule has 0 amide bonds. The highest BCUT2D eigenvalue weighted by Crippen LogP contribution is 2.43. The summed E-state index contributed by atoms with van der Waals surface area (Å²) in [4.78, 5) is 33.2. The van der Waals surface area contributed by atoms with Crippen LogP contribution in [0.1, 0.15) is 36.2 Å². The van der Waals surface area contributed by atoms with E-state index in [1.807, 2.05) is 36.1 Å². The van der Waals surface area contributed by atoms with Crippen LogP contribution in [0.2, 0.25) is 5.02 Å². The van der Waals surface area contributed by atoms with Gasteiger partial charge in [-0.3, -0.25) is 20.1 Å². The van der Waals surface area contributed by atoms with Crippen LogP contribution in [0, 0.1) is 5.82 Å². The Morgan fingerprint density at radius 2 is 1.95 bits per heavy atom. The Balaban J connectivity index is 1.20. The van der Waals surface area contributed by atoms with E-state index in [2.05, 4.69) is 20.4 Å². The fourth-order valence-corrected chi connectivity index (χ4v) is 5.75. The Bertz CT molecular complexity index is 1800. The molecule has 0 atom stereocenters. The molecule has 2 N–H and O–H groups in total. The predicted molar refractivity (Wildman–Crippen MR) is 162 cm³/mol. The topological polar surface area (TPSA) is 112 Å². The predicted octanol–water partition coefficient (Wildman–Crippen LogP) is 4.99. The van der Waals surface area contributed by atoms with Crippen LogP contribution < -0.4 is 20.5 Å². The van der Waals surface area contributed by atoms with E-state index in [1.165, 1.54) is 13.3 Å². The molecular weight excluding hydrogens is 563 g/mol. The lowest BCUT2D eigenvalue weighted by molar-refractivity contribution is 0.0694. The molecule has 2 fully saturated rings. The quantitative estimate of drug-likeness (QED) is 0.217. The van der Waals surface area contributed by atoms with Crippen LogP contribution in [-0.4, -0.2) is 71.1 Å². The number of aromatic nitrogens is 2. The van der Waals surface area contributed by atoms with Gasteiger partial charge in [-0.15, -0.1) is 0 Å². The van der Waals surface area contributed by atoms with Gasteiger partial charge in [0, 0.05) is 67.3 Å². The van der Waals surface area contributed by atoms with Crippen molar-refractivity contribution in [2.45, 2.75) is 25.8 Å². The Kier molecular flexibility index (Phi) is 7.46. The van der Waals surface area contributed by atoms with Gasteiger partial charge >= 0.3 is 5.97 Å². The Morgan fingerprint density at radius 3 is 2.64 bits per heavy atom. The number of halogens is 2. The van der Waals surface area contributed by atoms with Gasteiger partial charge in [0.15, 0.2) is 11.6 Å². The number of piperazine rings is 1. The first-order chi connectivity index (χ1) is 20.2. The molecule has 1 saturated heterocycles. The smallest absolute Gasteiger partial charge is 0.341 e. The van der Waals surface area contributed by atoms with Gasteiger partial charge in [-0.2, -0.15) is 5.10 Å². The van der Waals surface area contributed by atoms with Gasteiger partial charge in [0.2, 0.25) is 5.43 Å². The summed E-state index contributed by atoms with van der Waals surface area (Å²) in [6, 6.07) is 8.61. The van der Waals surface area contributed by atoms with Crippen molar-refractivity contribution in [2.75, 3.05) is 50.2 Å². The van der Waals surface area contributed by atoms with Gasteiger partial charge < -0.3 is 19.3 Å². The largest absolute Gasteiger partial charge is 0.492 e. The Labute approximate surface area is 246 Å². The highest BCUT2D eigenvalue weighted by atomic mass is 35.5. The lowest BCUT2D eigenvalue weighted by Crippen LogP contribution is -2.48. The number of benzene rings is 2. The maximum atomic E-state index is 15.6. The van der Waals surface area contributed by atoms with E-state index in [9.17, 15) is 14.7 Å². The SMILES string of the molecule is COc1c(N2CCN(C/C(C)=N/Nc3ccnc4cc(Cl)ccc34)CC2)c(F)cc2c(=O)c(C(=O)O)cn(C3CC3)c12. The molecule has 1 aliphatic carbocycles. The van der Waals surface area contributed by atoms with Crippen LogP contribution in [0.15, 0.2) is 52.6 Å². The molecule has 12 heteroatoms. The number of hydrogen-bond donors (Lipinski definition) is 2. The maximum Gasteiger partial charge on any atom is 0.341 e. The van der Waals surface area contributed by atoms with E-state index < -0.39 is 17.2 Å². The lowest BCUT2D eigenvalue weighted by atomic mass is 10.1. The van der Waals surface area contributed by atoms with Crippen molar-refractivity contribution in [3.05, 3.63) is 69.4 Å². The molecule has 3 heterocycles. The number of fused-ring (bicyclic) bond motifs is 2. The van der Waals surface area contributed by atoms with Gasteiger partial charge in [-0.25, -0.2) is 9.18 Å². The Hall–Kier alpha value is -4.22. The van der Waals surface area contributed by atoms with Crippen LogP contribution in [0.4, 0.5) is 15.8 Å². The molecule has 1 saturated carbocycles. The molecule has 10 nitrogen and oxygen atoms in total. The van der Waals surface area contributed by atoms with Crippen LogP contribution in [-0.2, 0) is 0 Å². The number of hydrazone groups is 1. The summed E-state index contributed by atoms with van der Waals surface area (Å²) in [5.74, 6) is -1.68. The third kappa shape index (κ3) is 5.25. The summed E-state index contributed by atoms with van der Waals surface area (Å²) >= 11 is 6.09. The summed E-state index contributed by atoms with van der Waals surface area (Å²) in [5, 5.41) is 15.7. The minimum Gasteiger partial charge on any atom is -0.492 e. The highest BCUT2D eigenvalue weighted by molar-refractivity contribution is 6.31. The zero-order chi connectivity index (χ0) is 29.5. The molecule has 2 aromatic carbocycles. The molecule has 2 aromatic heterocycles. The van der Waals surface area contributed by atoms with E-state index >= 15 is 4.39 Å². The number of hydrogen-bond acceptors (Lipinski definition) is 8. The molecule has 0 bridgehead atoms. The van der Waals surface area contributed by atoms with Crippen LogP contribution in [0.5, 0.6) is 5.75 Å². The normalized spacial score (nSPS) is 16.3. The number of carboxylic acid groups (broad SMARTS) is 1. The van der Waals surface area contributed by atoms with Crippen LogP contribution in [0.25, 0.3) is 21.8 Å². The first-order valence-corrected chi connectivity index (χ1v) is 14.1. The second-order valence-electron chi connectivity index (χ2n) is 10.7. The van der Waals surface area contributed by atoms with Gasteiger partial charge in [0.05, 0.1) is 29.2 Å². The number of carbonyl (C=O) groups is 1. The molecule has 2 aliphatic rings. The van der Waals surface area contributed by atoms with E-state index in [1.54, 1.807) is 10.8 Å². The minimum atomic E-state index is -1.33. The number of anilines is 2. The standard InChI is InChI=1S/C30H30ClFN6O4/c1-17(34-35-24-7-8-33-25-13-18(31)3-6-20(24)25)15-36-9-11-37(12-10-36)27-23(32)14-21-26(29(27)42-2)38(19-4-5-19)16-22(28(21)39)30(40)41/h3,6-8,13-14,16,19H,4-5,9-12,15H2,1-2H3,(H,33,35)(H,40,41)/b34-17+. The van der Waals surface area contributed by atoms with Crippen molar-refractivity contribution in [2.24, 2.45) is 5.10 Å². The summed E-state index contributed by atoms with van der Waals surface area (Å²) < 4.78 is 23.1. The third-order valence-electron chi connectivity index (χ3n) is 7.79. The third-order valence-corrected chi connectivity index (χ3v) is 8.02. The van der Waals surface area contributed by atoms with Crippen molar-refractivity contribution in [1.29, 1.82) is 0 Å². The first kappa shape index (κ1) is 27.9. The zero-order valence-corrected chi connectivity index (χ0v) is 24.0. The number of carboxylic acids is 1.